The van der Waals surface area contributed by atoms with Gasteiger partial charge in [0.1, 0.15) is 11.4 Å². The van der Waals surface area contributed by atoms with Gasteiger partial charge in [0.25, 0.3) is 0 Å². The highest BCUT2D eigenvalue weighted by molar-refractivity contribution is 5.78. The molecule has 1 aromatic carbocycles. The van der Waals surface area contributed by atoms with Crippen LogP contribution in [0.3, 0.4) is 0 Å². The molecule has 3 nitrogen and oxygen atoms in total. The molecule has 0 atom stereocenters. The second-order valence-electron chi connectivity index (χ2n) is 4.54. The summed E-state index contributed by atoms with van der Waals surface area (Å²) in [6, 6.07) is 5.57. The number of fused-ring (bicyclic) bond motifs is 1. The Balaban J connectivity index is 2.50. The highest BCUT2D eigenvalue weighted by atomic mass is 16.3. The number of aromatic hydroxyl groups is 1. The SMILES string of the molecule is CN1CC(C)(C)Nc2cccc(O)c21. The Kier molecular flexibility index (Phi) is 1.84. The summed E-state index contributed by atoms with van der Waals surface area (Å²) in [6.45, 7) is 5.19. The molecule has 0 fully saturated rings. The van der Waals surface area contributed by atoms with Crippen LogP contribution >= 0.6 is 0 Å². The van der Waals surface area contributed by atoms with Gasteiger partial charge in [0.15, 0.2) is 0 Å². The fraction of sp³-hybridized carbons (Fsp3) is 0.455. The summed E-state index contributed by atoms with van der Waals surface area (Å²) in [5.41, 5.74) is 1.95. The minimum absolute atomic E-state index is 0.0511. The third kappa shape index (κ3) is 1.39. The zero-order valence-electron chi connectivity index (χ0n) is 8.83. The minimum Gasteiger partial charge on any atom is -0.506 e. The molecule has 0 unspecified atom stereocenters. The van der Waals surface area contributed by atoms with Gasteiger partial charge >= 0.3 is 0 Å². The Morgan fingerprint density at radius 2 is 2.14 bits per heavy atom. The first-order valence-electron chi connectivity index (χ1n) is 4.81. The second-order valence-corrected chi connectivity index (χ2v) is 4.54. The Labute approximate surface area is 84.4 Å². The van der Waals surface area contributed by atoms with Crippen LogP contribution in [0.4, 0.5) is 11.4 Å². The van der Waals surface area contributed by atoms with E-state index in [0.29, 0.717) is 5.75 Å². The van der Waals surface area contributed by atoms with E-state index in [1.165, 1.54) is 0 Å². The summed E-state index contributed by atoms with van der Waals surface area (Å²) in [5, 5.41) is 13.1. The van der Waals surface area contributed by atoms with Gasteiger partial charge in [-0.2, -0.15) is 0 Å². The van der Waals surface area contributed by atoms with E-state index in [2.05, 4.69) is 24.1 Å². The first-order chi connectivity index (χ1) is 6.49. The number of phenolic OH excluding ortho intramolecular Hbond substituents is 1. The lowest BCUT2D eigenvalue weighted by Gasteiger charge is -2.40. The number of nitrogens with one attached hydrogen (secondary N) is 1. The van der Waals surface area contributed by atoms with Crippen molar-refractivity contribution in [1.29, 1.82) is 0 Å². The summed E-state index contributed by atoms with van der Waals surface area (Å²) in [4.78, 5) is 2.08. The van der Waals surface area contributed by atoms with Crippen molar-refractivity contribution in [2.24, 2.45) is 0 Å². The highest BCUT2D eigenvalue weighted by Gasteiger charge is 2.28. The standard InChI is InChI=1S/C11H16N2O/c1-11(2)7-13(3)10-8(12-11)5-4-6-9(10)14/h4-6,12,14H,7H2,1-3H3. The normalized spacial score (nSPS) is 18.6. The molecule has 3 heteroatoms. The van der Waals surface area contributed by atoms with Crippen LogP contribution in [0.5, 0.6) is 5.75 Å². The van der Waals surface area contributed by atoms with Crippen LogP contribution in [-0.2, 0) is 0 Å². The van der Waals surface area contributed by atoms with Gasteiger partial charge in [0.2, 0.25) is 0 Å². The van der Waals surface area contributed by atoms with Crippen molar-refractivity contribution < 1.29 is 5.11 Å². The molecule has 1 aromatic rings. The number of anilines is 2. The molecule has 0 saturated carbocycles. The number of rotatable bonds is 0. The second kappa shape index (κ2) is 2.80. The lowest BCUT2D eigenvalue weighted by molar-refractivity contribution is 0.468. The van der Waals surface area contributed by atoms with Crippen LogP contribution in [0.25, 0.3) is 0 Å². The van der Waals surface area contributed by atoms with Crippen LogP contribution in [0.1, 0.15) is 13.8 Å². The molecule has 0 amide bonds. The minimum atomic E-state index is 0.0511. The molecule has 2 rings (SSSR count). The Morgan fingerprint density at radius 1 is 1.43 bits per heavy atom. The zero-order chi connectivity index (χ0) is 10.3. The lowest BCUT2D eigenvalue weighted by Crippen LogP contribution is -2.46. The van der Waals surface area contributed by atoms with Crippen molar-refractivity contribution in [2.75, 3.05) is 23.8 Å². The van der Waals surface area contributed by atoms with Gasteiger partial charge < -0.3 is 15.3 Å². The van der Waals surface area contributed by atoms with Crippen LogP contribution in [0.2, 0.25) is 0 Å². The number of benzene rings is 1. The van der Waals surface area contributed by atoms with Crippen molar-refractivity contribution in [3.05, 3.63) is 18.2 Å². The maximum atomic E-state index is 9.72. The topological polar surface area (TPSA) is 35.5 Å². The van der Waals surface area contributed by atoms with Crippen molar-refractivity contribution in [2.45, 2.75) is 19.4 Å². The van der Waals surface area contributed by atoms with E-state index in [4.69, 9.17) is 0 Å². The fourth-order valence-corrected chi connectivity index (χ4v) is 2.11. The van der Waals surface area contributed by atoms with Gasteiger partial charge in [-0.3, -0.25) is 0 Å². The zero-order valence-corrected chi connectivity index (χ0v) is 8.83. The first kappa shape index (κ1) is 9.19. The van der Waals surface area contributed by atoms with Gasteiger partial charge in [-0.15, -0.1) is 0 Å². The van der Waals surface area contributed by atoms with Crippen LogP contribution in [0, 0.1) is 0 Å². The predicted octanol–water partition coefficient (Wildman–Crippen LogP) is 2.03. The molecule has 0 aromatic heterocycles. The molecule has 0 radical (unpaired) electrons. The molecule has 14 heavy (non-hydrogen) atoms. The number of para-hydroxylation sites is 1. The molecule has 0 aliphatic carbocycles. The van der Waals surface area contributed by atoms with E-state index in [9.17, 15) is 5.11 Å². The van der Waals surface area contributed by atoms with E-state index in [1.807, 2.05) is 19.2 Å². The molecule has 1 aliphatic rings. The van der Waals surface area contributed by atoms with Crippen LogP contribution < -0.4 is 10.2 Å². The Bertz CT molecular complexity index is 360. The number of phenols is 1. The van der Waals surface area contributed by atoms with Crippen molar-refractivity contribution in [1.82, 2.24) is 0 Å². The van der Waals surface area contributed by atoms with Crippen LogP contribution in [-0.4, -0.2) is 24.2 Å². The number of hydrogen-bond donors (Lipinski definition) is 2. The maximum absolute atomic E-state index is 9.72. The molecule has 0 bridgehead atoms. The Hall–Kier alpha value is -1.38. The maximum Gasteiger partial charge on any atom is 0.141 e. The van der Waals surface area contributed by atoms with Crippen molar-refractivity contribution in [3.8, 4) is 5.75 Å². The summed E-state index contributed by atoms with van der Waals surface area (Å²) in [6.07, 6.45) is 0. The van der Waals surface area contributed by atoms with Crippen molar-refractivity contribution >= 4 is 11.4 Å². The fourth-order valence-electron chi connectivity index (χ4n) is 2.11. The van der Waals surface area contributed by atoms with Gasteiger partial charge in [-0.05, 0) is 26.0 Å². The molecule has 2 N–H and O–H groups in total. The summed E-state index contributed by atoms with van der Waals surface area (Å²) >= 11 is 0. The quantitative estimate of drug-likeness (QED) is 0.660. The Morgan fingerprint density at radius 3 is 2.86 bits per heavy atom. The summed E-state index contributed by atoms with van der Waals surface area (Å²) in [5.74, 6) is 0.341. The molecule has 76 valence electrons. The third-order valence-corrected chi connectivity index (χ3v) is 2.50. The largest absolute Gasteiger partial charge is 0.506 e. The number of hydrogen-bond acceptors (Lipinski definition) is 3. The van der Waals surface area contributed by atoms with Gasteiger partial charge in [0.05, 0.1) is 5.69 Å². The van der Waals surface area contributed by atoms with Gasteiger partial charge in [-0.25, -0.2) is 0 Å². The molecule has 1 aliphatic heterocycles. The predicted molar refractivity (Wildman–Crippen MR) is 59.1 cm³/mol. The van der Waals surface area contributed by atoms with Crippen LogP contribution in [0.15, 0.2) is 18.2 Å². The third-order valence-electron chi connectivity index (χ3n) is 2.50. The van der Waals surface area contributed by atoms with Gasteiger partial charge in [-0.1, -0.05) is 6.07 Å². The van der Waals surface area contributed by atoms with E-state index in [1.54, 1.807) is 6.07 Å². The lowest BCUT2D eigenvalue weighted by atomic mass is 9.99. The molecular weight excluding hydrogens is 176 g/mol. The molecule has 0 saturated heterocycles. The number of nitrogens with zero attached hydrogens (tertiary/aromatic N) is 1. The highest BCUT2D eigenvalue weighted by Crippen LogP contribution is 2.39. The average molecular weight is 192 g/mol. The van der Waals surface area contributed by atoms with E-state index in [-0.39, 0.29) is 5.54 Å². The molecule has 1 heterocycles. The smallest absolute Gasteiger partial charge is 0.141 e. The van der Waals surface area contributed by atoms with E-state index >= 15 is 0 Å². The monoisotopic (exact) mass is 192 g/mol. The molecule has 0 spiro atoms. The summed E-state index contributed by atoms with van der Waals surface area (Å²) < 4.78 is 0. The summed E-state index contributed by atoms with van der Waals surface area (Å²) in [7, 11) is 2.00. The number of likely N-dealkylation sites (N-methyl/N-ethyl adjacent to an activating group) is 1. The van der Waals surface area contributed by atoms with E-state index < -0.39 is 0 Å². The average Bonchev–Trinajstić information content (AvgIpc) is 2.00. The van der Waals surface area contributed by atoms with E-state index in [0.717, 1.165) is 17.9 Å². The molecular formula is C11H16N2O. The van der Waals surface area contributed by atoms with Crippen molar-refractivity contribution in [3.63, 3.8) is 0 Å². The van der Waals surface area contributed by atoms with Gasteiger partial charge in [0, 0.05) is 19.1 Å². The first-order valence-corrected chi connectivity index (χ1v) is 4.81.